The minimum atomic E-state index is -0.642. The van der Waals surface area contributed by atoms with E-state index >= 15 is 0 Å². The van der Waals surface area contributed by atoms with Gasteiger partial charge in [-0.1, -0.05) is 36.3 Å². The van der Waals surface area contributed by atoms with Crippen LogP contribution in [0.5, 0.6) is 0 Å². The highest BCUT2D eigenvalue weighted by Gasteiger charge is 2.01. The lowest BCUT2D eigenvalue weighted by molar-refractivity contribution is -0.103. The van der Waals surface area contributed by atoms with Crippen LogP contribution in [-0.4, -0.2) is 24.1 Å². The molecule has 3 heteroatoms. The van der Waals surface area contributed by atoms with E-state index in [1.165, 1.54) is 0 Å². The van der Waals surface area contributed by atoms with Crippen molar-refractivity contribution in [2.75, 3.05) is 6.61 Å². The Kier molecular flexibility index (Phi) is 5.94. The summed E-state index contributed by atoms with van der Waals surface area (Å²) in [5.41, 5.74) is 1.06. The average Bonchev–Trinajstić information content (AvgIpc) is 2.31. The Morgan fingerprint density at radius 1 is 1.38 bits per heavy atom. The van der Waals surface area contributed by atoms with Crippen molar-refractivity contribution >= 4 is 6.29 Å². The molecule has 0 aliphatic heterocycles. The van der Waals surface area contributed by atoms with Crippen molar-refractivity contribution in [3.05, 3.63) is 35.9 Å². The van der Waals surface area contributed by atoms with Crippen molar-refractivity contribution in [2.45, 2.75) is 19.1 Å². The second-order valence-electron chi connectivity index (χ2n) is 3.30. The fourth-order valence-corrected chi connectivity index (χ4v) is 1.16. The quantitative estimate of drug-likeness (QED) is 0.596. The molecule has 0 heterocycles. The van der Waals surface area contributed by atoms with E-state index in [0.717, 1.165) is 5.56 Å². The largest absolute Gasteiger partial charge is 0.390 e. The van der Waals surface area contributed by atoms with E-state index in [-0.39, 0.29) is 13.0 Å². The second kappa shape index (κ2) is 7.63. The van der Waals surface area contributed by atoms with Gasteiger partial charge in [0.2, 0.25) is 0 Å². The van der Waals surface area contributed by atoms with Gasteiger partial charge in [-0.05, 0) is 11.5 Å². The molecule has 84 valence electrons. The van der Waals surface area contributed by atoms with Gasteiger partial charge in [-0.2, -0.15) is 0 Å². The first-order chi connectivity index (χ1) is 7.83. The summed E-state index contributed by atoms with van der Waals surface area (Å²) in [4.78, 5) is 9.90. The van der Waals surface area contributed by atoms with Gasteiger partial charge in [0.15, 0.2) is 6.29 Å². The predicted molar refractivity (Wildman–Crippen MR) is 60.6 cm³/mol. The maximum atomic E-state index is 9.90. The number of aliphatic hydroxyl groups is 1. The number of aldehydes is 1. The number of rotatable bonds is 5. The summed E-state index contributed by atoms with van der Waals surface area (Å²) in [6.45, 7) is 0.696. The van der Waals surface area contributed by atoms with Gasteiger partial charge in [0.05, 0.1) is 19.3 Å². The molecule has 0 aliphatic carbocycles. The molecule has 0 bridgehead atoms. The molecule has 0 unspecified atom stereocenters. The van der Waals surface area contributed by atoms with Gasteiger partial charge < -0.3 is 9.84 Å². The van der Waals surface area contributed by atoms with Crippen LogP contribution in [0, 0.1) is 11.8 Å². The molecule has 0 fully saturated rings. The highest BCUT2D eigenvalue weighted by molar-refractivity contribution is 5.72. The van der Waals surface area contributed by atoms with Crippen LogP contribution in [0.3, 0.4) is 0 Å². The normalized spacial score (nSPS) is 11.3. The molecule has 0 spiro atoms. The molecule has 16 heavy (non-hydrogen) atoms. The summed E-state index contributed by atoms with van der Waals surface area (Å²) in [5, 5.41) is 9.41. The van der Waals surface area contributed by atoms with Gasteiger partial charge in [0.25, 0.3) is 0 Å². The molecular weight excluding hydrogens is 204 g/mol. The number of carbonyl (C=O) groups is 1. The van der Waals surface area contributed by atoms with Crippen LogP contribution in [0.1, 0.15) is 12.0 Å². The lowest BCUT2D eigenvalue weighted by Crippen LogP contribution is -2.14. The molecule has 0 amide bonds. The topological polar surface area (TPSA) is 46.5 Å². The second-order valence-corrected chi connectivity index (χ2v) is 3.30. The Balaban J connectivity index is 2.18. The van der Waals surface area contributed by atoms with Gasteiger partial charge in [-0.25, -0.2) is 0 Å². The molecule has 0 aromatic heterocycles. The van der Waals surface area contributed by atoms with Gasteiger partial charge in [-0.3, -0.25) is 4.79 Å². The maximum Gasteiger partial charge on any atom is 0.192 e. The minimum Gasteiger partial charge on any atom is -0.390 e. The summed E-state index contributed by atoms with van der Waals surface area (Å²) in [7, 11) is 0. The molecule has 1 rings (SSSR count). The van der Waals surface area contributed by atoms with Crippen molar-refractivity contribution in [3.63, 3.8) is 0 Å². The number of hydrogen-bond acceptors (Lipinski definition) is 3. The SMILES string of the molecule is O=CC#CC[C@@H](O)COCc1ccccc1. The fourth-order valence-electron chi connectivity index (χ4n) is 1.16. The van der Waals surface area contributed by atoms with Crippen LogP contribution < -0.4 is 0 Å². The van der Waals surface area contributed by atoms with Crippen molar-refractivity contribution in [1.82, 2.24) is 0 Å². The standard InChI is InChI=1S/C13H14O3/c14-9-5-4-8-13(15)11-16-10-12-6-2-1-3-7-12/h1-3,6-7,9,13,15H,8,10-11H2/t13-/m1/s1. The van der Waals surface area contributed by atoms with E-state index in [1.54, 1.807) is 0 Å². The highest BCUT2D eigenvalue weighted by atomic mass is 16.5. The lowest BCUT2D eigenvalue weighted by atomic mass is 10.2. The first kappa shape index (κ1) is 12.4. The zero-order valence-electron chi connectivity index (χ0n) is 8.93. The Hall–Kier alpha value is -1.63. The van der Waals surface area contributed by atoms with Crippen molar-refractivity contribution in [3.8, 4) is 11.8 Å². The molecule has 1 aromatic rings. The van der Waals surface area contributed by atoms with Crippen LogP contribution in [0.4, 0.5) is 0 Å². The Morgan fingerprint density at radius 3 is 2.81 bits per heavy atom. The van der Waals surface area contributed by atoms with Gasteiger partial charge in [-0.15, -0.1) is 0 Å². The number of benzene rings is 1. The first-order valence-electron chi connectivity index (χ1n) is 5.04. The molecule has 0 saturated carbocycles. The van der Waals surface area contributed by atoms with Crippen LogP contribution in [0.2, 0.25) is 0 Å². The highest BCUT2D eigenvalue weighted by Crippen LogP contribution is 2.01. The monoisotopic (exact) mass is 218 g/mol. The van der Waals surface area contributed by atoms with E-state index in [1.807, 2.05) is 30.3 Å². The van der Waals surface area contributed by atoms with Crippen LogP contribution in [0.25, 0.3) is 0 Å². The lowest BCUT2D eigenvalue weighted by Gasteiger charge is -2.08. The third-order valence-corrected chi connectivity index (χ3v) is 1.92. The van der Waals surface area contributed by atoms with E-state index in [0.29, 0.717) is 12.9 Å². The molecule has 0 aliphatic rings. The van der Waals surface area contributed by atoms with Gasteiger partial charge in [0, 0.05) is 6.42 Å². The first-order valence-corrected chi connectivity index (χ1v) is 5.04. The van der Waals surface area contributed by atoms with Crippen LogP contribution in [0.15, 0.2) is 30.3 Å². The van der Waals surface area contributed by atoms with Crippen LogP contribution in [-0.2, 0) is 16.1 Å². The van der Waals surface area contributed by atoms with Gasteiger partial charge in [0.1, 0.15) is 0 Å². The molecule has 1 N–H and O–H groups in total. The third-order valence-electron chi connectivity index (χ3n) is 1.92. The van der Waals surface area contributed by atoms with Crippen molar-refractivity contribution in [2.24, 2.45) is 0 Å². The number of ether oxygens (including phenoxy) is 1. The summed E-state index contributed by atoms with van der Waals surface area (Å²) in [5.74, 6) is 4.78. The predicted octanol–water partition coefficient (Wildman–Crippen LogP) is 1.16. The summed E-state index contributed by atoms with van der Waals surface area (Å²) in [6, 6.07) is 9.72. The molecule has 3 nitrogen and oxygen atoms in total. The molecule has 1 aromatic carbocycles. The molecule has 0 saturated heterocycles. The van der Waals surface area contributed by atoms with E-state index in [9.17, 15) is 9.90 Å². The Morgan fingerprint density at radius 2 is 2.12 bits per heavy atom. The van der Waals surface area contributed by atoms with Gasteiger partial charge >= 0.3 is 0 Å². The number of hydrogen-bond donors (Lipinski definition) is 1. The van der Waals surface area contributed by atoms with Crippen molar-refractivity contribution < 1.29 is 14.6 Å². The summed E-state index contributed by atoms with van der Waals surface area (Å²) >= 11 is 0. The average molecular weight is 218 g/mol. The zero-order valence-corrected chi connectivity index (χ0v) is 8.93. The fraction of sp³-hybridized carbons (Fsp3) is 0.308. The van der Waals surface area contributed by atoms with E-state index in [2.05, 4.69) is 11.8 Å². The smallest absolute Gasteiger partial charge is 0.192 e. The Labute approximate surface area is 95.1 Å². The molecule has 1 atom stereocenters. The summed E-state index contributed by atoms with van der Waals surface area (Å²) < 4.78 is 5.31. The molecule has 0 radical (unpaired) electrons. The summed E-state index contributed by atoms with van der Waals surface area (Å²) in [6.07, 6.45) is 0.126. The number of aliphatic hydroxyl groups excluding tert-OH is 1. The van der Waals surface area contributed by atoms with E-state index < -0.39 is 6.10 Å². The van der Waals surface area contributed by atoms with E-state index in [4.69, 9.17) is 4.74 Å². The number of carbonyl (C=O) groups excluding carboxylic acids is 1. The maximum absolute atomic E-state index is 9.90. The third kappa shape index (κ3) is 5.30. The minimum absolute atomic E-state index is 0.225. The van der Waals surface area contributed by atoms with Crippen LogP contribution >= 0.6 is 0 Å². The Bertz CT molecular complexity index is 362. The molecular formula is C13H14O3. The van der Waals surface area contributed by atoms with Crippen molar-refractivity contribution in [1.29, 1.82) is 0 Å². The zero-order chi connectivity index (χ0) is 11.6.